The molecule has 0 unspecified atom stereocenters. The number of hydrogen-bond acceptors (Lipinski definition) is 4. The van der Waals surface area contributed by atoms with Gasteiger partial charge in [0.25, 0.3) is 5.91 Å². The van der Waals surface area contributed by atoms with Crippen LogP contribution in [0.4, 0.5) is 0 Å². The van der Waals surface area contributed by atoms with Gasteiger partial charge in [0, 0.05) is 18.7 Å². The monoisotopic (exact) mass is 266 g/mol. The molecule has 0 fully saturated rings. The third kappa shape index (κ3) is 3.86. The molecular weight excluding hydrogens is 244 g/mol. The number of ether oxygens (including phenoxy) is 1. The van der Waals surface area contributed by atoms with Gasteiger partial charge in [-0.3, -0.25) is 4.79 Å². The maximum atomic E-state index is 12.4. The Labute approximate surface area is 114 Å². The average Bonchev–Trinajstić information content (AvgIpc) is 2.38. The van der Waals surface area contributed by atoms with Crippen LogP contribution in [-0.4, -0.2) is 42.2 Å². The van der Waals surface area contributed by atoms with E-state index in [1.54, 1.807) is 17.0 Å². The summed E-state index contributed by atoms with van der Waals surface area (Å²) in [5.41, 5.74) is 5.76. The molecule has 1 aromatic carbocycles. The molecule has 1 amide bonds. The van der Waals surface area contributed by atoms with Crippen molar-refractivity contribution < 1.29 is 14.6 Å². The number of benzene rings is 1. The van der Waals surface area contributed by atoms with Gasteiger partial charge >= 0.3 is 0 Å². The van der Waals surface area contributed by atoms with Crippen LogP contribution < -0.4 is 10.5 Å². The van der Waals surface area contributed by atoms with Crippen LogP contribution in [0.5, 0.6) is 11.5 Å². The SMILES string of the molecule is COc1ccc(C(=O)N(CCCN)C(C)C)c(O)c1. The molecule has 0 saturated heterocycles. The minimum Gasteiger partial charge on any atom is -0.507 e. The third-order valence-electron chi connectivity index (χ3n) is 2.92. The first-order valence-electron chi connectivity index (χ1n) is 6.39. The molecule has 0 radical (unpaired) electrons. The number of methoxy groups -OCH3 is 1. The van der Waals surface area contributed by atoms with Gasteiger partial charge in [-0.05, 0) is 38.9 Å². The summed E-state index contributed by atoms with van der Waals surface area (Å²) in [7, 11) is 1.51. The highest BCUT2D eigenvalue weighted by atomic mass is 16.5. The zero-order chi connectivity index (χ0) is 14.4. The van der Waals surface area contributed by atoms with Crippen LogP contribution in [0.3, 0.4) is 0 Å². The van der Waals surface area contributed by atoms with Crippen molar-refractivity contribution in [2.45, 2.75) is 26.3 Å². The van der Waals surface area contributed by atoms with E-state index in [0.29, 0.717) is 18.8 Å². The van der Waals surface area contributed by atoms with E-state index in [0.717, 1.165) is 6.42 Å². The zero-order valence-electron chi connectivity index (χ0n) is 11.7. The Bertz CT molecular complexity index is 433. The third-order valence-corrected chi connectivity index (χ3v) is 2.92. The van der Waals surface area contributed by atoms with Gasteiger partial charge in [0.2, 0.25) is 0 Å². The van der Waals surface area contributed by atoms with Crippen molar-refractivity contribution in [2.24, 2.45) is 5.73 Å². The first kappa shape index (κ1) is 15.3. The number of aromatic hydroxyl groups is 1. The number of nitrogens with zero attached hydrogens (tertiary/aromatic N) is 1. The van der Waals surface area contributed by atoms with E-state index >= 15 is 0 Å². The largest absolute Gasteiger partial charge is 0.507 e. The number of nitrogens with two attached hydrogens (primary N) is 1. The van der Waals surface area contributed by atoms with Crippen LogP contribution in [-0.2, 0) is 0 Å². The highest BCUT2D eigenvalue weighted by Crippen LogP contribution is 2.25. The summed E-state index contributed by atoms with van der Waals surface area (Å²) in [6, 6.07) is 4.73. The van der Waals surface area contributed by atoms with Crippen LogP contribution in [0.2, 0.25) is 0 Å². The highest BCUT2D eigenvalue weighted by molar-refractivity contribution is 5.97. The van der Waals surface area contributed by atoms with E-state index in [-0.39, 0.29) is 23.3 Å². The molecule has 0 spiro atoms. The fraction of sp³-hybridized carbons (Fsp3) is 0.500. The number of amides is 1. The molecule has 5 nitrogen and oxygen atoms in total. The van der Waals surface area contributed by atoms with Gasteiger partial charge in [-0.1, -0.05) is 0 Å². The van der Waals surface area contributed by atoms with Crippen LogP contribution in [0.1, 0.15) is 30.6 Å². The molecule has 0 aliphatic heterocycles. The van der Waals surface area contributed by atoms with E-state index in [1.807, 2.05) is 13.8 Å². The van der Waals surface area contributed by atoms with E-state index in [1.165, 1.54) is 13.2 Å². The number of phenolic OH excluding ortho intramolecular Hbond substituents is 1. The van der Waals surface area contributed by atoms with Crippen LogP contribution in [0.15, 0.2) is 18.2 Å². The van der Waals surface area contributed by atoms with Gasteiger partial charge in [0.1, 0.15) is 11.5 Å². The summed E-state index contributed by atoms with van der Waals surface area (Å²) in [4.78, 5) is 14.1. The molecule has 1 aromatic rings. The molecule has 0 heterocycles. The van der Waals surface area contributed by atoms with E-state index in [2.05, 4.69) is 0 Å². The van der Waals surface area contributed by atoms with Gasteiger partial charge < -0.3 is 20.5 Å². The lowest BCUT2D eigenvalue weighted by Gasteiger charge is -2.27. The van der Waals surface area contributed by atoms with Crippen molar-refractivity contribution in [3.05, 3.63) is 23.8 Å². The van der Waals surface area contributed by atoms with Crippen LogP contribution >= 0.6 is 0 Å². The molecule has 19 heavy (non-hydrogen) atoms. The van der Waals surface area contributed by atoms with Gasteiger partial charge in [0.15, 0.2) is 0 Å². The smallest absolute Gasteiger partial charge is 0.257 e. The Kier molecular flexibility index (Phi) is 5.63. The summed E-state index contributed by atoms with van der Waals surface area (Å²) >= 11 is 0. The quantitative estimate of drug-likeness (QED) is 0.820. The lowest BCUT2D eigenvalue weighted by molar-refractivity contribution is 0.0702. The van der Waals surface area contributed by atoms with Crippen molar-refractivity contribution in [2.75, 3.05) is 20.2 Å². The predicted molar refractivity (Wildman–Crippen MR) is 74.5 cm³/mol. The molecule has 0 aliphatic rings. The Morgan fingerprint density at radius 2 is 2.16 bits per heavy atom. The second-order valence-electron chi connectivity index (χ2n) is 4.62. The second kappa shape index (κ2) is 6.99. The van der Waals surface area contributed by atoms with Crippen molar-refractivity contribution in [1.82, 2.24) is 4.90 Å². The zero-order valence-corrected chi connectivity index (χ0v) is 11.7. The van der Waals surface area contributed by atoms with Crippen molar-refractivity contribution in [1.29, 1.82) is 0 Å². The summed E-state index contributed by atoms with van der Waals surface area (Å²) < 4.78 is 5.00. The summed E-state index contributed by atoms with van der Waals surface area (Å²) in [5, 5.41) is 9.90. The molecule has 0 saturated carbocycles. The normalized spacial score (nSPS) is 10.6. The first-order valence-corrected chi connectivity index (χ1v) is 6.39. The number of phenols is 1. The maximum absolute atomic E-state index is 12.4. The average molecular weight is 266 g/mol. The van der Waals surface area contributed by atoms with E-state index in [4.69, 9.17) is 10.5 Å². The summed E-state index contributed by atoms with van der Waals surface area (Å²) in [5.74, 6) is 0.262. The Morgan fingerprint density at radius 3 is 2.63 bits per heavy atom. The van der Waals surface area contributed by atoms with Gasteiger partial charge in [0.05, 0.1) is 12.7 Å². The fourth-order valence-electron chi connectivity index (χ4n) is 1.83. The minimum atomic E-state index is -0.191. The molecule has 5 heteroatoms. The lowest BCUT2D eigenvalue weighted by atomic mass is 10.1. The number of hydrogen-bond donors (Lipinski definition) is 2. The standard InChI is InChI=1S/C14H22N2O3/c1-10(2)16(8-4-7-15)14(18)12-6-5-11(19-3)9-13(12)17/h5-6,9-10,17H,4,7-8,15H2,1-3H3. The topological polar surface area (TPSA) is 75.8 Å². The molecule has 3 N–H and O–H groups in total. The number of carbonyl (C=O) groups is 1. The molecular formula is C14H22N2O3. The Hall–Kier alpha value is -1.75. The summed E-state index contributed by atoms with van der Waals surface area (Å²) in [6.07, 6.45) is 0.737. The van der Waals surface area contributed by atoms with Gasteiger partial charge in [-0.2, -0.15) is 0 Å². The van der Waals surface area contributed by atoms with Gasteiger partial charge in [-0.25, -0.2) is 0 Å². The van der Waals surface area contributed by atoms with Crippen molar-refractivity contribution >= 4 is 5.91 Å². The molecule has 1 rings (SSSR count). The predicted octanol–water partition coefficient (Wildman–Crippen LogP) is 1.60. The molecule has 0 aromatic heterocycles. The highest BCUT2D eigenvalue weighted by Gasteiger charge is 2.21. The summed E-state index contributed by atoms with van der Waals surface area (Å²) in [6.45, 7) is 4.99. The Balaban J connectivity index is 2.96. The molecule has 0 atom stereocenters. The molecule has 106 valence electrons. The molecule has 0 bridgehead atoms. The fourth-order valence-corrected chi connectivity index (χ4v) is 1.83. The lowest BCUT2D eigenvalue weighted by Crippen LogP contribution is -2.38. The van der Waals surface area contributed by atoms with Crippen LogP contribution in [0.25, 0.3) is 0 Å². The minimum absolute atomic E-state index is 0.0561. The van der Waals surface area contributed by atoms with Crippen molar-refractivity contribution in [3.8, 4) is 11.5 Å². The maximum Gasteiger partial charge on any atom is 0.257 e. The second-order valence-corrected chi connectivity index (χ2v) is 4.62. The van der Waals surface area contributed by atoms with Gasteiger partial charge in [-0.15, -0.1) is 0 Å². The first-order chi connectivity index (χ1) is 9.01. The van der Waals surface area contributed by atoms with E-state index < -0.39 is 0 Å². The van der Waals surface area contributed by atoms with Crippen molar-refractivity contribution in [3.63, 3.8) is 0 Å². The van der Waals surface area contributed by atoms with E-state index in [9.17, 15) is 9.90 Å². The molecule has 0 aliphatic carbocycles. The number of carbonyl (C=O) groups excluding carboxylic acids is 1. The Morgan fingerprint density at radius 1 is 1.47 bits per heavy atom. The number of rotatable bonds is 6. The van der Waals surface area contributed by atoms with Crippen LogP contribution in [0, 0.1) is 0 Å².